The molecule has 5 heteroatoms. The first kappa shape index (κ1) is 12.6. The Bertz CT molecular complexity index is 614. The number of benzene rings is 1. The first-order valence-electron chi connectivity index (χ1n) is 6.66. The molecule has 2 heterocycles. The lowest BCUT2D eigenvalue weighted by Crippen LogP contribution is -2.30. The third kappa shape index (κ3) is 2.34. The Hall–Kier alpha value is -2.43. The molecule has 0 saturated carbocycles. The molecule has 1 atom stereocenters. The quantitative estimate of drug-likeness (QED) is 0.899. The van der Waals surface area contributed by atoms with E-state index in [4.69, 9.17) is 5.73 Å². The Morgan fingerprint density at radius 1 is 1.20 bits per heavy atom. The van der Waals surface area contributed by atoms with Crippen molar-refractivity contribution >= 4 is 11.7 Å². The maximum absolute atomic E-state index is 12.4. The van der Waals surface area contributed by atoms with Crippen molar-refractivity contribution in [1.29, 1.82) is 0 Å². The summed E-state index contributed by atoms with van der Waals surface area (Å²) in [4.78, 5) is 22.2. The van der Waals surface area contributed by atoms with Crippen LogP contribution in [0.2, 0.25) is 0 Å². The van der Waals surface area contributed by atoms with Crippen molar-refractivity contribution in [2.45, 2.75) is 12.3 Å². The average Bonchev–Trinajstić information content (AvgIpc) is 2.98. The second-order valence-corrected chi connectivity index (χ2v) is 4.94. The normalized spacial score (nSPS) is 18.2. The second-order valence-electron chi connectivity index (χ2n) is 4.94. The van der Waals surface area contributed by atoms with E-state index in [1.807, 2.05) is 18.2 Å². The number of likely N-dealkylation sites (tertiary alicyclic amines) is 1. The smallest absolute Gasteiger partial charge is 0.276 e. The Kier molecular flexibility index (Phi) is 3.33. The number of nitrogens with zero attached hydrogens (tertiary/aromatic N) is 3. The van der Waals surface area contributed by atoms with Gasteiger partial charge < -0.3 is 10.6 Å². The Labute approximate surface area is 117 Å². The van der Waals surface area contributed by atoms with Gasteiger partial charge in [0.2, 0.25) is 0 Å². The van der Waals surface area contributed by atoms with Gasteiger partial charge in [0.1, 0.15) is 0 Å². The molecule has 0 aliphatic carbocycles. The van der Waals surface area contributed by atoms with Gasteiger partial charge in [-0.3, -0.25) is 4.79 Å². The van der Waals surface area contributed by atoms with Gasteiger partial charge in [-0.25, -0.2) is 9.97 Å². The van der Waals surface area contributed by atoms with Crippen molar-refractivity contribution < 1.29 is 4.79 Å². The first-order valence-corrected chi connectivity index (χ1v) is 6.66. The molecule has 0 radical (unpaired) electrons. The molecule has 2 aromatic rings. The number of amides is 1. The van der Waals surface area contributed by atoms with Crippen LogP contribution in [0.4, 0.5) is 5.82 Å². The third-order valence-electron chi connectivity index (χ3n) is 3.68. The summed E-state index contributed by atoms with van der Waals surface area (Å²) in [6.07, 6.45) is 3.95. The SMILES string of the molecule is Nc1nccnc1C(=O)N1CCC(c2ccccc2)C1. The number of hydrogen-bond donors (Lipinski definition) is 1. The van der Waals surface area contributed by atoms with Crippen molar-refractivity contribution in [3.63, 3.8) is 0 Å². The minimum atomic E-state index is -0.131. The van der Waals surface area contributed by atoms with Crippen LogP contribution in [0.3, 0.4) is 0 Å². The molecule has 1 aromatic heterocycles. The van der Waals surface area contributed by atoms with Crippen molar-refractivity contribution in [2.24, 2.45) is 0 Å². The molecule has 2 N–H and O–H groups in total. The highest BCUT2D eigenvalue weighted by Gasteiger charge is 2.29. The molecule has 3 rings (SSSR count). The third-order valence-corrected chi connectivity index (χ3v) is 3.68. The molecule has 0 spiro atoms. The van der Waals surface area contributed by atoms with Crippen LogP contribution in [-0.4, -0.2) is 33.9 Å². The molecule has 1 aliphatic rings. The van der Waals surface area contributed by atoms with Crippen molar-refractivity contribution in [1.82, 2.24) is 14.9 Å². The van der Waals surface area contributed by atoms with E-state index < -0.39 is 0 Å². The molecular weight excluding hydrogens is 252 g/mol. The molecule has 0 bridgehead atoms. The zero-order valence-electron chi connectivity index (χ0n) is 11.1. The Balaban J connectivity index is 1.75. The fourth-order valence-electron chi connectivity index (χ4n) is 2.61. The van der Waals surface area contributed by atoms with Crippen LogP contribution in [0.15, 0.2) is 42.7 Å². The zero-order chi connectivity index (χ0) is 13.9. The van der Waals surface area contributed by atoms with Crippen LogP contribution in [0.5, 0.6) is 0 Å². The minimum absolute atomic E-state index is 0.131. The molecule has 20 heavy (non-hydrogen) atoms. The summed E-state index contributed by atoms with van der Waals surface area (Å²) in [6.45, 7) is 1.44. The van der Waals surface area contributed by atoms with E-state index in [0.717, 1.165) is 13.0 Å². The Morgan fingerprint density at radius 3 is 2.70 bits per heavy atom. The molecule has 5 nitrogen and oxygen atoms in total. The van der Waals surface area contributed by atoms with E-state index in [9.17, 15) is 4.79 Å². The van der Waals surface area contributed by atoms with E-state index in [1.54, 1.807) is 4.90 Å². The largest absolute Gasteiger partial charge is 0.382 e. The van der Waals surface area contributed by atoms with Gasteiger partial charge in [-0.2, -0.15) is 0 Å². The highest BCUT2D eigenvalue weighted by molar-refractivity contribution is 5.96. The summed E-state index contributed by atoms with van der Waals surface area (Å²) >= 11 is 0. The van der Waals surface area contributed by atoms with Gasteiger partial charge in [0, 0.05) is 31.4 Å². The second kappa shape index (κ2) is 5.28. The van der Waals surface area contributed by atoms with Crippen LogP contribution in [0.25, 0.3) is 0 Å². The van der Waals surface area contributed by atoms with Gasteiger partial charge >= 0.3 is 0 Å². The minimum Gasteiger partial charge on any atom is -0.382 e. The van der Waals surface area contributed by atoms with Crippen molar-refractivity contribution in [3.05, 3.63) is 54.0 Å². The van der Waals surface area contributed by atoms with E-state index in [2.05, 4.69) is 22.1 Å². The average molecular weight is 268 g/mol. The monoisotopic (exact) mass is 268 g/mol. The molecule has 1 aliphatic heterocycles. The zero-order valence-corrected chi connectivity index (χ0v) is 11.1. The number of carbonyl (C=O) groups excluding carboxylic acids is 1. The number of rotatable bonds is 2. The fraction of sp³-hybridized carbons (Fsp3) is 0.267. The Morgan fingerprint density at radius 2 is 1.95 bits per heavy atom. The summed E-state index contributed by atoms with van der Waals surface area (Å²) in [5, 5.41) is 0. The van der Waals surface area contributed by atoms with Crippen molar-refractivity contribution in [3.8, 4) is 0 Å². The molecule has 1 aromatic carbocycles. The highest BCUT2D eigenvalue weighted by Crippen LogP contribution is 2.28. The lowest BCUT2D eigenvalue weighted by Gasteiger charge is -2.16. The number of carbonyl (C=O) groups is 1. The van der Waals surface area contributed by atoms with Gasteiger partial charge in [0.25, 0.3) is 5.91 Å². The summed E-state index contributed by atoms with van der Waals surface area (Å²) in [5.74, 6) is 0.452. The summed E-state index contributed by atoms with van der Waals surface area (Å²) in [7, 11) is 0. The number of anilines is 1. The van der Waals surface area contributed by atoms with Gasteiger partial charge in [-0.15, -0.1) is 0 Å². The predicted octanol–water partition coefficient (Wildman–Crippen LogP) is 1.69. The van der Waals surface area contributed by atoms with Crippen LogP contribution < -0.4 is 5.73 Å². The van der Waals surface area contributed by atoms with Crippen LogP contribution in [0, 0.1) is 0 Å². The molecule has 102 valence electrons. The molecule has 1 fully saturated rings. The summed E-state index contributed by atoms with van der Waals surface area (Å²) < 4.78 is 0. The molecular formula is C15H16N4O. The summed E-state index contributed by atoms with van der Waals surface area (Å²) in [5.41, 5.74) is 7.24. The summed E-state index contributed by atoms with van der Waals surface area (Å²) in [6, 6.07) is 10.3. The number of aromatic nitrogens is 2. The van der Waals surface area contributed by atoms with Gasteiger partial charge in [0.05, 0.1) is 0 Å². The molecule has 1 unspecified atom stereocenters. The van der Waals surface area contributed by atoms with Crippen LogP contribution in [-0.2, 0) is 0 Å². The maximum Gasteiger partial charge on any atom is 0.276 e. The van der Waals surface area contributed by atoms with E-state index in [1.165, 1.54) is 18.0 Å². The highest BCUT2D eigenvalue weighted by atomic mass is 16.2. The standard InChI is InChI=1S/C15H16N4O/c16-14-13(17-7-8-18-14)15(20)19-9-6-12(10-19)11-4-2-1-3-5-11/h1-5,7-8,12H,6,9-10H2,(H2,16,18). The number of hydrogen-bond acceptors (Lipinski definition) is 4. The lowest BCUT2D eigenvalue weighted by molar-refractivity contribution is 0.0786. The molecule has 1 amide bonds. The first-order chi connectivity index (χ1) is 9.75. The lowest BCUT2D eigenvalue weighted by atomic mass is 9.99. The number of nitrogens with two attached hydrogens (primary N) is 1. The van der Waals surface area contributed by atoms with E-state index in [0.29, 0.717) is 12.5 Å². The molecule has 1 saturated heterocycles. The van der Waals surface area contributed by atoms with Gasteiger partial charge in [-0.1, -0.05) is 30.3 Å². The van der Waals surface area contributed by atoms with Crippen LogP contribution in [0.1, 0.15) is 28.4 Å². The number of nitrogen functional groups attached to an aromatic ring is 1. The van der Waals surface area contributed by atoms with Crippen LogP contribution >= 0.6 is 0 Å². The fourth-order valence-corrected chi connectivity index (χ4v) is 2.61. The van der Waals surface area contributed by atoms with Gasteiger partial charge in [-0.05, 0) is 12.0 Å². The van der Waals surface area contributed by atoms with Gasteiger partial charge in [0.15, 0.2) is 11.5 Å². The van der Waals surface area contributed by atoms with E-state index >= 15 is 0 Å². The topological polar surface area (TPSA) is 72.1 Å². The maximum atomic E-state index is 12.4. The predicted molar refractivity (Wildman–Crippen MR) is 76.1 cm³/mol. The van der Waals surface area contributed by atoms with E-state index in [-0.39, 0.29) is 17.4 Å². The van der Waals surface area contributed by atoms with Crippen molar-refractivity contribution in [2.75, 3.05) is 18.8 Å².